The minimum absolute atomic E-state index is 0.514. The normalized spacial score (nSPS) is 11.2. The summed E-state index contributed by atoms with van der Waals surface area (Å²) in [6, 6.07) is 0. The molecule has 14 heavy (non-hydrogen) atoms. The molecule has 4 nitrogen and oxygen atoms in total. The third-order valence-corrected chi connectivity index (χ3v) is 1.96. The summed E-state index contributed by atoms with van der Waals surface area (Å²) in [5, 5.41) is 0. The first kappa shape index (κ1) is 10.8. The second kappa shape index (κ2) is 3.84. The number of ether oxygens (including phenoxy) is 2. The van der Waals surface area contributed by atoms with Crippen LogP contribution in [-0.2, 0) is 5.54 Å². The Kier molecular flexibility index (Phi) is 2.96. The van der Waals surface area contributed by atoms with Gasteiger partial charge in [-0.3, -0.25) is 4.98 Å². The van der Waals surface area contributed by atoms with Crippen molar-refractivity contribution in [3.8, 4) is 11.5 Å². The van der Waals surface area contributed by atoms with E-state index < -0.39 is 5.54 Å². The lowest BCUT2D eigenvalue weighted by Gasteiger charge is -2.23. The smallest absolute Gasteiger partial charge is 0.145 e. The van der Waals surface area contributed by atoms with Crippen LogP contribution in [0.4, 0.5) is 0 Å². The molecule has 0 spiro atoms. The van der Waals surface area contributed by atoms with Crippen molar-refractivity contribution in [1.82, 2.24) is 4.98 Å². The number of rotatable bonds is 3. The van der Waals surface area contributed by atoms with Crippen LogP contribution >= 0.6 is 0 Å². The molecule has 1 aromatic rings. The van der Waals surface area contributed by atoms with Crippen molar-refractivity contribution in [2.45, 2.75) is 19.4 Å². The van der Waals surface area contributed by atoms with Gasteiger partial charge in [0.25, 0.3) is 0 Å². The molecule has 0 bridgehead atoms. The van der Waals surface area contributed by atoms with E-state index in [4.69, 9.17) is 15.2 Å². The molecule has 0 aliphatic carbocycles. The molecule has 0 saturated heterocycles. The van der Waals surface area contributed by atoms with E-state index in [-0.39, 0.29) is 0 Å². The predicted octanol–water partition coefficient (Wildman–Crippen LogP) is 1.29. The third-order valence-electron chi connectivity index (χ3n) is 1.96. The zero-order valence-corrected chi connectivity index (χ0v) is 9.00. The molecule has 0 aliphatic rings. The highest BCUT2D eigenvalue weighted by Crippen LogP contribution is 2.34. The highest BCUT2D eigenvalue weighted by Gasteiger charge is 2.24. The van der Waals surface area contributed by atoms with Crippen molar-refractivity contribution >= 4 is 0 Å². The van der Waals surface area contributed by atoms with Gasteiger partial charge >= 0.3 is 0 Å². The van der Waals surface area contributed by atoms with Crippen LogP contribution in [-0.4, -0.2) is 19.2 Å². The second-order valence-electron chi connectivity index (χ2n) is 3.64. The van der Waals surface area contributed by atoms with Gasteiger partial charge in [0, 0.05) is 5.54 Å². The van der Waals surface area contributed by atoms with E-state index in [2.05, 4.69) is 4.98 Å². The van der Waals surface area contributed by atoms with Gasteiger partial charge in [0.15, 0.2) is 0 Å². The van der Waals surface area contributed by atoms with Crippen LogP contribution in [0.15, 0.2) is 12.4 Å². The number of hydrogen-bond acceptors (Lipinski definition) is 4. The van der Waals surface area contributed by atoms with Gasteiger partial charge in [0.1, 0.15) is 11.5 Å². The molecule has 0 aliphatic heterocycles. The first-order chi connectivity index (χ1) is 6.50. The average molecular weight is 196 g/mol. The Balaban J connectivity index is 3.34. The van der Waals surface area contributed by atoms with Crippen LogP contribution in [0.1, 0.15) is 19.4 Å². The summed E-state index contributed by atoms with van der Waals surface area (Å²) in [7, 11) is 3.18. The van der Waals surface area contributed by atoms with E-state index in [0.717, 1.165) is 5.56 Å². The second-order valence-corrected chi connectivity index (χ2v) is 3.64. The molecule has 0 saturated carbocycles. The molecule has 1 rings (SSSR count). The molecule has 1 aromatic heterocycles. The van der Waals surface area contributed by atoms with Crippen molar-refractivity contribution in [3.05, 3.63) is 18.0 Å². The van der Waals surface area contributed by atoms with Crippen molar-refractivity contribution in [3.63, 3.8) is 0 Å². The summed E-state index contributed by atoms with van der Waals surface area (Å²) in [5.41, 5.74) is 6.34. The summed E-state index contributed by atoms with van der Waals surface area (Å²) >= 11 is 0. The Bertz CT molecular complexity index is 296. The van der Waals surface area contributed by atoms with Gasteiger partial charge < -0.3 is 15.2 Å². The van der Waals surface area contributed by atoms with Gasteiger partial charge in [0.2, 0.25) is 0 Å². The lowest BCUT2D eigenvalue weighted by molar-refractivity contribution is 0.360. The van der Waals surface area contributed by atoms with Gasteiger partial charge in [-0.15, -0.1) is 0 Å². The first-order valence-corrected chi connectivity index (χ1v) is 4.36. The summed E-state index contributed by atoms with van der Waals surface area (Å²) in [5.74, 6) is 1.30. The molecule has 0 atom stereocenters. The maximum atomic E-state index is 6.02. The molecular weight excluding hydrogens is 180 g/mol. The number of pyridine rings is 1. The fraction of sp³-hybridized carbons (Fsp3) is 0.500. The summed E-state index contributed by atoms with van der Waals surface area (Å²) < 4.78 is 10.4. The van der Waals surface area contributed by atoms with Crippen LogP contribution in [0.2, 0.25) is 0 Å². The van der Waals surface area contributed by atoms with Crippen LogP contribution < -0.4 is 15.2 Å². The zero-order valence-electron chi connectivity index (χ0n) is 9.00. The Hall–Kier alpha value is -1.29. The van der Waals surface area contributed by atoms with Gasteiger partial charge in [-0.25, -0.2) is 0 Å². The van der Waals surface area contributed by atoms with Crippen molar-refractivity contribution in [2.75, 3.05) is 14.2 Å². The summed E-state index contributed by atoms with van der Waals surface area (Å²) in [6.45, 7) is 3.79. The first-order valence-electron chi connectivity index (χ1n) is 4.36. The number of hydrogen-bond donors (Lipinski definition) is 1. The molecule has 0 radical (unpaired) electrons. The molecule has 78 valence electrons. The lowest BCUT2D eigenvalue weighted by atomic mass is 9.95. The predicted molar refractivity (Wildman–Crippen MR) is 54.6 cm³/mol. The topological polar surface area (TPSA) is 57.4 Å². The molecule has 0 unspecified atom stereocenters. The van der Waals surface area contributed by atoms with Gasteiger partial charge in [-0.2, -0.15) is 0 Å². The standard InChI is InChI=1S/C10H16N2O2/c1-10(2,11)9-7(13-3)5-12-6-8(9)14-4/h5-6H,11H2,1-4H3. The van der Waals surface area contributed by atoms with Gasteiger partial charge in [-0.05, 0) is 13.8 Å². The Labute approximate surface area is 84.0 Å². The Morgan fingerprint density at radius 3 is 1.86 bits per heavy atom. The van der Waals surface area contributed by atoms with E-state index in [1.807, 2.05) is 13.8 Å². The monoisotopic (exact) mass is 196 g/mol. The molecule has 2 N–H and O–H groups in total. The average Bonchev–Trinajstić information content (AvgIpc) is 2.15. The maximum Gasteiger partial charge on any atom is 0.145 e. The van der Waals surface area contributed by atoms with Crippen LogP contribution in [0.5, 0.6) is 11.5 Å². The number of methoxy groups -OCH3 is 2. The zero-order chi connectivity index (χ0) is 10.8. The van der Waals surface area contributed by atoms with Crippen molar-refractivity contribution in [1.29, 1.82) is 0 Å². The van der Waals surface area contributed by atoms with E-state index in [9.17, 15) is 0 Å². The molecule has 0 aromatic carbocycles. The summed E-state index contributed by atoms with van der Waals surface area (Å²) in [4.78, 5) is 3.99. The van der Waals surface area contributed by atoms with Crippen LogP contribution in [0, 0.1) is 0 Å². The number of nitrogens with zero attached hydrogens (tertiary/aromatic N) is 1. The largest absolute Gasteiger partial charge is 0.495 e. The molecule has 4 heteroatoms. The van der Waals surface area contributed by atoms with E-state index in [1.165, 1.54) is 0 Å². The SMILES string of the molecule is COc1cncc(OC)c1C(C)(C)N. The van der Waals surface area contributed by atoms with E-state index in [1.54, 1.807) is 26.6 Å². The van der Waals surface area contributed by atoms with E-state index in [0.29, 0.717) is 11.5 Å². The molecule has 0 amide bonds. The Morgan fingerprint density at radius 2 is 1.57 bits per heavy atom. The van der Waals surface area contributed by atoms with Crippen molar-refractivity contribution < 1.29 is 9.47 Å². The Morgan fingerprint density at radius 1 is 1.14 bits per heavy atom. The molecule has 1 heterocycles. The highest BCUT2D eigenvalue weighted by molar-refractivity contribution is 5.46. The molecular formula is C10H16N2O2. The van der Waals surface area contributed by atoms with Gasteiger partial charge in [-0.1, -0.05) is 0 Å². The van der Waals surface area contributed by atoms with Gasteiger partial charge in [0.05, 0.1) is 32.2 Å². The maximum absolute atomic E-state index is 6.02. The van der Waals surface area contributed by atoms with Crippen LogP contribution in [0.25, 0.3) is 0 Å². The van der Waals surface area contributed by atoms with Crippen LogP contribution in [0.3, 0.4) is 0 Å². The molecule has 0 fully saturated rings. The number of aromatic nitrogens is 1. The highest BCUT2D eigenvalue weighted by atomic mass is 16.5. The summed E-state index contributed by atoms with van der Waals surface area (Å²) in [6.07, 6.45) is 3.26. The minimum Gasteiger partial charge on any atom is -0.495 e. The fourth-order valence-electron chi connectivity index (χ4n) is 1.37. The number of nitrogens with two attached hydrogens (primary N) is 1. The fourth-order valence-corrected chi connectivity index (χ4v) is 1.37. The minimum atomic E-state index is -0.514. The third kappa shape index (κ3) is 1.96. The lowest BCUT2D eigenvalue weighted by Crippen LogP contribution is -2.30. The quantitative estimate of drug-likeness (QED) is 0.791. The van der Waals surface area contributed by atoms with E-state index >= 15 is 0 Å². The van der Waals surface area contributed by atoms with Crippen molar-refractivity contribution in [2.24, 2.45) is 5.73 Å².